The Hall–Kier alpha value is -2.54. The molecule has 0 heterocycles. The Morgan fingerprint density at radius 1 is 1.00 bits per heavy atom. The fourth-order valence-electron chi connectivity index (χ4n) is 5.17. The zero-order valence-electron chi connectivity index (χ0n) is 24.3. The summed E-state index contributed by atoms with van der Waals surface area (Å²) in [5, 5.41) is 34.8. The van der Waals surface area contributed by atoms with Gasteiger partial charge in [0.1, 0.15) is 5.75 Å². The van der Waals surface area contributed by atoms with Gasteiger partial charge in [0.05, 0.1) is 19.1 Å². The molecule has 0 radical (unpaired) electrons. The summed E-state index contributed by atoms with van der Waals surface area (Å²) in [7, 11) is -4.29. The molecule has 1 saturated carbocycles. The molecule has 0 aromatic heterocycles. The first-order valence-electron chi connectivity index (χ1n) is 14.9. The number of nitrogens with zero attached hydrogens (tertiary/aromatic N) is 1. The summed E-state index contributed by atoms with van der Waals surface area (Å²) in [6.45, 7) is 2.68. The average Bonchev–Trinajstić information content (AvgIpc) is 2.90. The van der Waals surface area contributed by atoms with Crippen LogP contribution in [0.5, 0.6) is 5.75 Å². The van der Waals surface area contributed by atoms with E-state index in [1.807, 2.05) is 18.2 Å². The molecule has 3 rings (SSSR count). The number of aliphatic hydroxyl groups excluding tert-OH is 2. The normalized spacial score (nSPS) is 14.6. The zero-order chi connectivity index (χ0) is 30.4. The van der Waals surface area contributed by atoms with E-state index in [1.54, 1.807) is 18.2 Å². The highest BCUT2D eigenvalue weighted by Crippen LogP contribution is 2.29. The molecular weight excluding hydrogens is 560 g/mol. The molecule has 0 unspecified atom stereocenters. The van der Waals surface area contributed by atoms with E-state index in [2.05, 4.69) is 9.08 Å². The van der Waals surface area contributed by atoms with E-state index in [1.165, 1.54) is 25.3 Å². The van der Waals surface area contributed by atoms with Gasteiger partial charge in [-0.2, -0.15) is 13.6 Å². The summed E-state index contributed by atoms with van der Waals surface area (Å²) in [5.74, 6) is -0.857. The topological polar surface area (TPSA) is 160 Å². The lowest BCUT2D eigenvalue weighted by Crippen LogP contribution is -2.43. The highest BCUT2D eigenvalue weighted by atomic mass is 32.2. The predicted octanol–water partition coefficient (Wildman–Crippen LogP) is 3.66. The van der Waals surface area contributed by atoms with Gasteiger partial charge in [-0.3, -0.25) is 9.69 Å². The van der Waals surface area contributed by atoms with Gasteiger partial charge in [0, 0.05) is 31.4 Å². The Labute approximate surface area is 249 Å². The third-order valence-electron chi connectivity index (χ3n) is 7.69. The van der Waals surface area contributed by atoms with Crippen LogP contribution in [-0.2, 0) is 43.5 Å². The van der Waals surface area contributed by atoms with Crippen molar-refractivity contribution in [3.05, 3.63) is 64.7 Å². The van der Waals surface area contributed by atoms with Gasteiger partial charge < -0.3 is 24.2 Å². The molecule has 0 saturated heterocycles. The van der Waals surface area contributed by atoms with Crippen LogP contribution in [-0.4, -0.2) is 67.0 Å². The van der Waals surface area contributed by atoms with Crippen LogP contribution in [0.15, 0.2) is 42.5 Å². The SMILES string of the molecule is NS(=O)(=O)OC(=O)Cc1cccc(CCCCOCCCCCCN(C[C@H](O)c2ccc(O)c(CO)c2)C2CCC2)c1. The highest BCUT2D eigenvalue weighted by Gasteiger charge is 2.26. The van der Waals surface area contributed by atoms with Crippen molar-refractivity contribution in [2.45, 2.75) is 89.4 Å². The Morgan fingerprint density at radius 3 is 2.40 bits per heavy atom. The Morgan fingerprint density at radius 2 is 1.71 bits per heavy atom. The second-order valence-corrected chi connectivity index (χ2v) is 12.2. The molecule has 42 heavy (non-hydrogen) atoms. The van der Waals surface area contributed by atoms with E-state index in [4.69, 9.17) is 9.88 Å². The number of carbonyl (C=O) groups excluding carboxylic acids is 1. The quantitative estimate of drug-likeness (QED) is 0.165. The maximum Gasteiger partial charge on any atom is 0.382 e. The van der Waals surface area contributed by atoms with Crippen molar-refractivity contribution in [2.24, 2.45) is 5.14 Å². The number of hydrogen-bond acceptors (Lipinski definition) is 9. The maximum atomic E-state index is 11.6. The van der Waals surface area contributed by atoms with E-state index in [0.29, 0.717) is 30.3 Å². The molecule has 0 aliphatic heterocycles. The molecule has 0 spiro atoms. The van der Waals surface area contributed by atoms with Crippen LogP contribution < -0.4 is 5.14 Å². The molecule has 11 heteroatoms. The van der Waals surface area contributed by atoms with Crippen LogP contribution in [0, 0.1) is 0 Å². The molecule has 10 nitrogen and oxygen atoms in total. The number of carbonyl (C=O) groups is 1. The van der Waals surface area contributed by atoms with Crippen molar-refractivity contribution in [3.63, 3.8) is 0 Å². The lowest BCUT2D eigenvalue weighted by molar-refractivity contribution is -0.133. The minimum Gasteiger partial charge on any atom is -0.508 e. The van der Waals surface area contributed by atoms with Crippen molar-refractivity contribution in [3.8, 4) is 5.75 Å². The van der Waals surface area contributed by atoms with Gasteiger partial charge in [-0.15, -0.1) is 0 Å². The molecule has 0 amide bonds. The van der Waals surface area contributed by atoms with E-state index in [-0.39, 0.29) is 18.8 Å². The monoisotopic (exact) mass is 606 g/mol. The zero-order valence-corrected chi connectivity index (χ0v) is 25.1. The second-order valence-electron chi connectivity index (χ2n) is 11.1. The van der Waals surface area contributed by atoms with Crippen LogP contribution in [0.1, 0.15) is 86.1 Å². The molecule has 1 fully saturated rings. The van der Waals surface area contributed by atoms with Gasteiger partial charge in [-0.1, -0.05) is 49.6 Å². The summed E-state index contributed by atoms with van der Waals surface area (Å²) in [6.07, 6.45) is 9.75. The minimum absolute atomic E-state index is 0.0451. The van der Waals surface area contributed by atoms with Crippen molar-refractivity contribution < 1.29 is 37.5 Å². The van der Waals surface area contributed by atoms with E-state index >= 15 is 0 Å². The fraction of sp³-hybridized carbons (Fsp3) is 0.581. The smallest absolute Gasteiger partial charge is 0.382 e. The Bertz CT molecular complexity index is 1220. The average molecular weight is 607 g/mol. The van der Waals surface area contributed by atoms with Crippen LogP contribution in [0.4, 0.5) is 0 Å². The molecule has 0 bridgehead atoms. The van der Waals surface area contributed by atoms with Crippen molar-refractivity contribution >= 4 is 16.3 Å². The first-order valence-corrected chi connectivity index (χ1v) is 16.4. The number of aryl methyl sites for hydroxylation is 1. The summed E-state index contributed by atoms with van der Waals surface area (Å²) in [5.41, 5.74) is 2.90. The van der Waals surface area contributed by atoms with Gasteiger partial charge >= 0.3 is 16.3 Å². The van der Waals surface area contributed by atoms with Crippen molar-refractivity contribution in [2.75, 3.05) is 26.3 Å². The van der Waals surface area contributed by atoms with E-state index in [9.17, 15) is 28.5 Å². The third-order valence-corrected chi connectivity index (χ3v) is 8.11. The number of unbranched alkanes of at least 4 members (excludes halogenated alkanes) is 4. The number of phenols is 1. The number of nitrogens with two attached hydrogens (primary N) is 1. The van der Waals surface area contributed by atoms with Gasteiger partial charge in [0.25, 0.3) is 0 Å². The molecule has 5 N–H and O–H groups in total. The summed E-state index contributed by atoms with van der Waals surface area (Å²) >= 11 is 0. The second kappa shape index (κ2) is 17.5. The molecule has 1 aliphatic carbocycles. The van der Waals surface area contributed by atoms with Gasteiger partial charge in [-0.05, 0) is 80.3 Å². The first-order chi connectivity index (χ1) is 20.1. The van der Waals surface area contributed by atoms with E-state index < -0.39 is 22.4 Å². The Balaban J connectivity index is 1.24. The van der Waals surface area contributed by atoms with Crippen LogP contribution in [0.3, 0.4) is 0 Å². The van der Waals surface area contributed by atoms with Gasteiger partial charge in [0.2, 0.25) is 0 Å². The van der Waals surface area contributed by atoms with Crippen molar-refractivity contribution in [1.82, 2.24) is 4.90 Å². The lowest BCUT2D eigenvalue weighted by atomic mass is 9.90. The fourth-order valence-corrected chi connectivity index (χ4v) is 5.49. The maximum absolute atomic E-state index is 11.6. The number of benzene rings is 2. The minimum atomic E-state index is -4.29. The van der Waals surface area contributed by atoms with Crippen LogP contribution in [0.25, 0.3) is 0 Å². The van der Waals surface area contributed by atoms with Crippen LogP contribution >= 0.6 is 0 Å². The molecule has 234 valence electrons. The standard InChI is InChI=1S/C31H46N2O8S/c32-42(38,39)41-31(37)20-25-11-7-10-24(19-25)9-3-6-18-40-17-5-2-1-4-16-33(28-12-8-13-28)22-30(36)26-14-15-29(35)27(21-26)23-34/h7,10-11,14-15,19,21,28,30,34-36H,1-6,8-9,12-13,16-18,20,22-23H2,(H2,32,38,39)/t30-/m0/s1. The van der Waals surface area contributed by atoms with Gasteiger partial charge in [0.15, 0.2) is 0 Å². The first kappa shape index (κ1) is 34.0. The number of ether oxygens (including phenoxy) is 1. The van der Waals surface area contributed by atoms with E-state index in [0.717, 1.165) is 69.2 Å². The highest BCUT2D eigenvalue weighted by molar-refractivity contribution is 7.84. The van der Waals surface area contributed by atoms with Crippen molar-refractivity contribution in [1.29, 1.82) is 0 Å². The lowest BCUT2D eigenvalue weighted by Gasteiger charge is -2.38. The molecule has 1 atom stereocenters. The van der Waals surface area contributed by atoms with Crippen LogP contribution in [0.2, 0.25) is 0 Å². The number of aliphatic hydroxyl groups is 2. The van der Waals surface area contributed by atoms with Gasteiger partial charge in [-0.25, -0.2) is 0 Å². The third kappa shape index (κ3) is 12.4. The predicted molar refractivity (Wildman–Crippen MR) is 160 cm³/mol. The number of aromatic hydroxyl groups is 1. The largest absolute Gasteiger partial charge is 0.508 e. The number of rotatable bonds is 20. The molecule has 1 aliphatic rings. The molecule has 2 aromatic rings. The summed E-state index contributed by atoms with van der Waals surface area (Å²) in [4.78, 5) is 14.0. The summed E-state index contributed by atoms with van der Waals surface area (Å²) < 4.78 is 31.7. The molecular formula is C31H46N2O8S. The summed E-state index contributed by atoms with van der Waals surface area (Å²) in [6, 6.07) is 12.9. The number of hydrogen-bond donors (Lipinski definition) is 4. The Kier molecular flexibility index (Phi) is 14.2. The molecule has 2 aromatic carbocycles.